The molecule has 1 aliphatic heterocycles. The summed E-state index contributed by atoms with van der Waals surface area (Å²) in [4.78, 5) is 17.5. The van der Waals surface area contributed by atoms with E-state index < -0.39 is 6.04 Å². The van der Waals surface area contributed by atoms with Gasteiger partial charge in [-0.2, -0.15) is 4.98 Å². The van der Waals surface area contributed by atoms with E-state index in [0.717, 1.165) is 17.9 Å². The summed E-state index contributed by atoms with van der Waals surface area (Å²) in [5, 5.41) is 8.48. The highest BCUT2D eigenvalue weighted by Gasteiger charge is 2.42. The first-order valence-corrected chi connectivity index (χ1v) is 9.75. The van der Waals surface area contributed by atoms with Gasteiger partial charge in [0.15, 0.2) is 5.78 Å². The van der Waals surface area contributed by atoms with Crippen LogP contribution in [-0.4, -0.2) is 26.3 Å². The number of carbonyl (C=O) groups is 1. The Kier molecular flexibility index (Phi) is 4.14. The lowest BCUT2D eigenvalue weighted by Gasteiger charge is -2.38. The van der Waals surface area contributed by atoms with Crippen LogP contribution < -0.4 is 5.32 Å². The van der Waals surface area contributed by atoms with Gasteiger partial charge in [0.1, 0.15) is 11.9 Å². The molecule has 0 radical (unpaired) electrons. The molecule has 136 valence electrons. The second-order valence-corrected chi connectivity index (χ2v) is 8.71. The molecule has 1 aromatic carbocycles. The van der Waals surface area contributed by atoms with Gasteiger partial charge in [-0.25, -0.2) is 9.07 Å². The van der Waals surface area contributed by atoms with Crippen molar-refractivity contribution < 1.29 is 9.18 Å². The van der Waals surface area contributed by atoms with Gasteiger partial charge in [-0.1, -0.05) is 50.7 Å². The van der Waals surface area contributed by atoms with Crippen molar-refractivity contribution in [2.45, 2.75) is 44.8 Å². The second-order valence-electron chi connectivity index (χ2n) is 7.48. The zero-order valence-corrected chi connectivity index (χ0v) is 15.9. The van der Waals surface area contributed by atoms with E-state index in [2.05, 4.69) is 29.2 Å². The van der Waals surface area contributed by atoms with Gasteiger partial charge in [0, 0.05) is 23.3 Å². The largest absolute Gasteiger partial charge is 0.328 e. The maximum absolute atomic E-state index is 14.6. The maximum Gasteiger partial charge on any atom is 0.227 e. The van der Waals surface area contributed by atoms with Crippen LogP contribution in [0.15, 0.2) is 40.7 Å². The van der Waals surface area contributed by atoms with Crippen LogP contribution in [0.25, 0.3) is 0 Å². The van der Waals surface area contributed by atoms with Crippen LogP contribution in [0.1, 0.15) is 45.2 Å². The Balaban J connectivity index is 1.91. The fraction of sp³-hybridized carbons (Fsp3) is 0.421. The van der Waals surface area contributed by atoms with Crippen LogP contribution in [0.2, 0.25) is 0 Å². The van der Waals surface area contributed by atoms with E-state index in [4.69, 9.17) is 0 Å². The van der Waals surface area contributed by atoms with Gasteiger partial charge in [-0.05, 0) is 23.7 Å². The van der Waals surface area contributed by atoms with Gasteiger partial charge >= 0.3 is 0 Å². The van der Waals surface area contributed by atoms with E-state index in [-0.39, 0.29) is 17.0 Å². The SMILES string of the molecule is CCSc1nc2n(n1)[C@@H](c1ccccc1F)C1=C(CC(C)(C)CC1=O)N2. The molecule has 1 aromatic heterocycles. The lowest BCUT2D eigenvalue weighted by Crippen LogP contribution is -2.36. The lowest BCUT2D eigenvalue weighted by molar-refractivity contribution is -0.118. The standard InChI is InChI=1S/C19H21FN4OS/c1-4-26-18-22-17-21-13-9-19(2,3)10-14(25)15(13)16(24(17)23-18)11-7-5-6-8-12(11)20/h5-8,16H,4,9-10H2,1-3H3,(H,21,22,23)/t16-/m0/s1. The van der Waals surface area contributed by atoms with Crippen LogP contribution in [0, 0.1) is 11.2 Å². The minimum absolute atomic E-state index is 0.0443. The first-order valence-electron chi connectivity index (χ1n) is 8.76. The number of carbonyl (C=O) groups excluding carboxylic acids is 1. The summed E-state index contributed by atoms with van der Waals surface area (Å²) in [6.45, 7) is 6.18. The molecule has 0 spiro atoms. The number of thioether (sulfide) groups is 1. The molecule has 0 saturated carbocycles. The monoisotopic (exact) mass is 372 g/mol. The molecule has 0 unspecified atom stereocenters. The number of hydrogen-bond donors (Lipinski definition) is 1. The Morgan fingerprint density at radius 1 is 1.35 bits per heavy atom. The summed E-state index contributed by atoms with van der Waals surface area (Å²) in [6.07, 6.45) is 1.17. The highest BCUT2D eigenvalue weighted by Crippen LogP contribution is 2.45. The van der Waals surface area contributed by atoms with Crippen LogP contribution in [-0.2, 0) is 4.79 Å². The van der Waals surface area contributed by atoms with Crippen molar-refractivity contribution in [2.75, 3.05) is 11.1 Å². The normalized spacial score (nSPS) is 21.2. The fourth-order valence-electron chi connectivity index (χ4n) is 3.76. The van der Waals surface area contributed by atoms with Crippen molar-refractivity contribution in [3.8, 4) is 0 Å². The topological polar surface area (TPSA) is 59.8 Å². The van der Waals surface area contributed by atoms with Crippen molar-refractivity contribution in [3.63, 3.8) is 0 Å². The van der Waals surface area contributed by atoms with E-state index in [0.29, 0.717) is 28.7 Å². The number of rotatable bonds is 3. The van der Waals surface area contributed by atoms with Crippen molar-refractivity contribution in [3.05, 3.63) is 46.9 Å². The predicted molar refractivity (Wildman–Crippen MR) is 99.6 cm³/mol. The number of benzene rings is 1. The number of aromatic nitrogens is 3. The lowest BCUT2D eigenvalue weighted by atomic mass is 9.73. The smallest absolute Gasteiger partial charge is 0.227 e. The summed E-state index contributed by atoms with van der Waals surface area (Å²) in [5.74, 6) is 1.11. The van der Waals surface area contributed by atoms with E-state index >= 15 is 0 Å². The van der Waals surface area contributed by atoms with E-state index in [1.165, 1.54) is 17.8 Å². The number of Topliss-reactive ketones (excluding diaryl/α,β-unsaturated/α-hetero) is 1. The first kappa shape index (κ1) is 17.3. The molecular formula is C19H21FN4OS. The first-order chi connectivity index (χ1) is 12.4. The van der Waals surface area contributed by atoms with Crippen LogP contribution in [0.4, 0.5) is 10.3 Å². The molecule has 5 nitrogen and oxygen atoms in total. The average Bonchev–Trinajstić information content (AvgIpc) is 2.95. The summed E-state index contributed by atoms with van der Waals surface area (Å²) >= 11 is 1.52. The number of nitrogens with one attached hydrogen (secondary N) is 1. The zero-order chi connectivity index (χ0) is 18.5. The summed E-state index contributed by atoms with van der Waals surface area (Å²) < 4.78 is 16.3. The maximum atomic E-state index is 14.6. The predicted octanol–water partition coefficient (Wildman–Crippen LogP) is 4.19. The molecule has 0 fully saturated rings. The number of nitrogens with zero attached hydrogens (tertiary/aromatic N) is 3. The second kappa shape index (κ2) is 6.23. The Bertz CT molecular complexity index is 918. The van der Waals surface area contributed by atoms with E-state index in [1.54, 1.807) is 22.9 Å². The third-order valence-corrected chi connectivity index (χ3v) is 5.51. The number of fused-ring (bicyclic) bond motifs is 1. The van der Waals surface area contributed by atoms with Crippen molar-refractivity contribution in [1.82, 2.24) is 14.8 Å². The number of ketones is 1. The molecule has 0 bridgehead atoms. The quantitative estimate of drug-likeness (QED) is 0.819. The number of hydrogen-bond acceptors (Lipinski definition) is 5. The van der Waals surface area contributed by atoms with Crippen LogP contribution >= 0.6 is 11.8 Å². The van der Waals surface area contributed by atoms with Crippen molar-refractivity contribution >= 4 is 23.5 Å². The molecule has 1 N–H and O–H groups in total. The molecule has 2 aromatic rings. The Morgan fingerprint density at radius 3 is 2.85 bits per heavy atom. The molecule has 0 amide bonds. The van der Waals surface area contributed by atoms with Gasteiger partial charge in [-0.3, -0.25) is 4.79 Å². The minimum atomic E-state index is -0.579. The third kappa shape index (κ3) is 2.84. The van der Waals surface area contributed by atoms with Gasteiger partial charge in [0.25, 0.3) is 0 Å². The van der Waals surface area contributed by atoms with Gasteiger partial charge in [0.05, 0.1) is 0 Å². The summed E-state index contributed by atoms with van der Waals surface area (Å²) in [6, 6.07) is 6.01. The molecule has 1 atom stereocenters. The molecule has 26 heavy (non-hydrogen) atoms. The van der Waals surface area contributed by atoms with Gasteiger partial charge in [-0.15, -0.1) is 5.10 Å². The molecule has 2 heterocycles. The number of anilines is 1. The minimum Gasteiger partial charge on any atom is -0.328 e. The summed E-state index contributed by atoms with van der Waals surface area (Å²) in [5.41, 5.74) is 1.77. The fourth-order valence-corrected chi connectivity index (χ4v) is 4.32. The molecule has 2 aliphatic rings. The average molecular weight is 372 g/mol. The van der Waals surface area contributed by atoms with Crippen molar-refractivity contribution in [2.24, 2.45) is 5.41 Å². The van der Waals surface area contributed by atoms with Gasteiger partial charge < -0.3 is 5.32 Å². The number of allylic oxidation sites excluding steroid dienone is 2. The summed E-state index contributed by atoms with van der Waals surface area (Å²) in [7, 11) is 0. The van der Waals surface area contributed by atoms with Gasteiger partial charge in [0.2, 0.25) is 11.1 Å². The zero-order valence-electron chi connectivity index (χ0n) is 15.0. The third-order valence-electron chi connectivity index (χ3n) is 4.79. The Hall–Kier alpha value is -2.15. The molecule has 7 heteroatoms. The molecule has 4 rings (SSSR count). The van der Waals surface area contributed by atoms with Crippen molar-refractivity contribution in [1.29, 1.82) is 0 Å². The highest BCUT2D eigenvalue weighted by molar-refractivity contribution is 7.99. The van der Waals surface area contributed by atoms with Crippen LogP contribution in [0.3, 0.4) is 0 Å². The number of halogens is 1. The highest BCUT2D eigenvalue weighted by atomic mass is 32.2. The van der Waals surface area contributed by atoms with E-state index in [1.807, 2.05) is 6.92 Å². The van der Waals surface area contributed by atoms with E-state index in [9.17, 15) is 9.18 Å². The molecule has 1 aliphatic carbocycles. The Labute approximate surface area is 156 Å². The molecular weight excluding hydrogens is 351 g/mol. The van der Waals surface area contributed by atoms with Crippen LogP contribution in [0.5, 0.6) is 0 Å². The Morgan fingerprint density at radius 2 is 2.12 bits per heavy atom. The molecule has 0 saturated heterocycles.